The molecule has 0 radical (unpaired) electrons. The zero-order chi connectivity index (χ0) is 12.7. The Kier molecular flexibility index (Phi) is 6.56. The van der Waals surface area contributed by atoms with Gasteiger partial charge < -0.3 is 10.5 Å². The van der Waals surface area contributed by atoms with Crippen LogP contribution in [-0.2, 0) is 4.74 Å². The number of halogens is 1. The smallest absolute Gasteiger partial charge is 0.0488 e. The lowest BCUT2D eigenvalue weighted by molar-refractivity contribution is 0.104. The number of rotatable bonds is 7. The van der Waals surface area contributed by atoms with Gasteiger partial charge in [0.1, 0.15) is 0 Å². The minimum Gasteiger partial charge on any atom is -0.381 e. The van der Waals surface area contributed by atoms with Crippen molar-refractivity contribution in [1.29, 1.82) is 0 Å². The second-order valence-corrected chi connectivity index (χ2v) is 5.18. The molecule has 0 amide bonds. The van der Waals surface area contributed by atoms with Crippen molar-refractivity contribution >= 4 is 11.6 Å². The van der Waals surface area contributed by atoms with Gasteiger partial charge in [0.15, 0.2) is 0 Å². The van der Waals surface area contributed by atoms with Crippen LogP contribution in [0.5, 0.6) is 0 Å². The van der Waals surface area contributed by atoms with Gasteiger partial charge in [-0.05, 0) is 42.5 Å². The molecule has 2 N–H and O–H groups in total. The van der Waals surface area contributed by atoms with Gasteiger partial charge in [0, 0.05) is 18.2 Å². The first-order valence-electron chi connectivity index (χ1n) is 6.16. The molecule has 0 aliphatic carbocycles. The van der Waals surface area contributed by atoms with Crippen LogP contribution in [-0.4, -0.2) is 19.8 Å². The third-order valence-electron chi connectivity index (χ3n) is 2.69. The van der Waals surface area contributed by atoms with E-state index in [1.54, 1.807) is 0 Å². The van der Waals surface area contributed by atoms with Crippen molar-refractivity contribution in [2.75, 3.05) is 19.8 Å². The summed E-state index contributed by atoms with van der Waals surface area (Å²) in [6, 6.07) is 7.91. The molecule has 0 bridgehead atoms. The van der Waals surface area contributed by atoms with Crippen molar-refractivity contribution in [3.63, 3.8) is 0 Å². The van der Waals surface area contributed by atoms with Crippen molar-refractivity contribution in [2.45, 2.75) is 26.2 Å². The summed E-state index contributed by atoms with van der Waals surface area (Å²) in [5, 5.41) is 0.764. The first kappa shape index (κ1) is 14.5. The molecule has 17 heavy (non-hydrogen) atoms. The van der Waals surface area contributed by atoms with Crippen LogP contribution in [0, 0.1) is 5.92 Å². The van der Waals surface area contributed by atoms with Crippen molar-refractivity contribution in [3.05, 3.63) is 34.9 Å². The summed E-state index contributed by atoms with van der Waals surface area (Å²) in [6.45, 7) is 6.53. The molecule has 1 atom stereocenters. The molecule has 1 unspecified atom stereocenters. The lowest BCUT2D eigenvalue weighted by Gasteiger charge is -2.16. The highest BCUT2D eigenvalue weighted by atomic mass is 35.5. The minimum atomic E-state index is 0.361. The van der Waals surface area contributed by atoms with E-state index in [0.29, 0.717) is 18.4 Å². The Morgan fingerprint density at radius 3 is 2.41 bits per heavy atom. The summed E-state index contributed by atoms with van der Waals surface area (Å²) in [7, 11) is 0. The molecule has 0 spiro atoms. The van der Waals surface area contributed by atoms with Gasteiger partial charge in [0.05, 0.1) is 0 Å². The molecule has 2 nitrogen and oxygen atoms in total. The van der Waals surface area contributed by atoms with Gasteiger partial charge >= 0.3 is 0 Å². The van der Waals surface area contributed by atoms with E-state index < -0.39 is 0 Å². The van der Waals surface area contributed by atoms with Crippen LogP contribution in [0.15, 0.2) is 24.3 Å². The molecule has 0 heterocycles. The highest BCUT2D eigenvalue weighted by Crippen LogP contribution is 2.20. The summed E-state index contributed by atoms with van der Waals surface area (Å²) in [4.78, 5) is 0. The maximum atomic E-state index is 5.87. The fraction of sp³-hybridized carbons (Fsp3) is 0.571. The maximum absolute atomic E-state index is 5.87. The molecule has 0 saturated heterocycles. The van der Waals surface area contributed by atoms with Crippen LogP contribution in [0.2, 0.25) is 5.02 Å². The Morgan fingerprint density at radius 2 is 1.88 bits per heavy atom. The van der Waals surface area contributed by atoms with Crippen molar-refractivity contribution in [1.82, 2.24) is 0 Å². The molecule has 0 fully saturated rings. The molecular formula is C14H22ClNO. The quantitative estimate of drug-likeness (QED) is 0.758. The molecule has 0 aliphatic rings. The fourth-order valence-corrected chi connectivity index (χ4v) is 1.83. The number of ether oxygens (including phenoxy) is 1. The van der Waals surface area contributed by atoms with Crippen LogP contribution < -0.4 is 5.73 Å². The molecule has 0 saturated carbocycles. The predicted molar refractivity (Wildman–Crippen MR) is 73.5 cm³/mol. The van der Waals surface area contributed by atoms with Crippen molar-refractivity contribution in [3.8, 4) is 0 Å². The number of hydrogen-bond acceptors (Lipinski definition) is 2. The lowest BCUT2D eigenvalue weighted by atomic mass is 9.96. The Balaban J connectivity index is 2.40. The van der Waals surface area contributed by atoms with Gasteiger partial charge in [-0.1, -0.05) is 37.6 Å². The first-order valence-corrected chi connectivity index (χ1v) is 6.54. The van der Waals surface area contributed by atoms with E-state index in [1.807, 2.05) is 24.3 Å². The van der Waals surface area contributed by atoms with Gasteiger partial charge in [-0.25, -0.2) is 0 Å². The predicted octanol–water partition coefficient (Wildman–Crippen LogP) is 3.45. The zero-order valence-electron chi connectivity index (χ0n) is 10.7. The summed E-state index contributed by atoms with van der Waals surface area (Å²) < 4.78 is 5.59. The second kappa shape index (κ2) is 7.70. The third-order valence-corrected chi connectivity index (χ3v) is 2.94. The van der Waals surface area contributed by atoms with E-state index in [2.05, 4.69) is 13.8 Å². The average Bonchev–Trinajstić information content (AvgIpc) is 2.30. The second-order valence-electron chi connectivity index (χ2n) is 4.74. The van der Waals surface area contributed by atoms with Crippen molar-refractivity contribution in [2.24, 2.45) is 11.7 Å². The van der Waals surface area contributed by atoms with Crippen LogP contribution in [0.1, 0.15) is 31.7 Å². The summed E-state index contributed by atoms with van der Waals surface area (Å²) >= 11 is 5.87. The topological polar surface area (TPSA) is 35.2 Å². The lowest BCUT2D eigenvalue weighted by Crippen LogP contribution is -2.15. The van der Waals surface area contributed by atoms with E-state index in [-0.39, 0.29) is 0 Å². The van der Waals surface area contributed by atoms with Gasteiger partial charge in [-0.15, -0.1) is 0 Å². The van der Waals surface area contributed by atoms with Gasteiger partial charge in [-0.2, -0.15) is 0 Å². The van der Waals surface area contributed by atoms with Crippen LogP contribution in [0.3, 0.4) is 0 Å². The molecular weight excluding hydrogens is 234 g/mol. The van der Waals surface area contributed by atoms with Gasteiger partial charge in [-0.3, -0.25) is 0 Å². The Labute approximate surface area is 109 Å². The SMILES string of the molecule is CC(C)COCCC(CN)c1ccc(Cl)cc1. The first-order chi connectivity index (χ1) is 8.13. The number of hydrogen-bond donors (Lipinski definition) is 1. The Bertz CT molecular complexity index is 311. The van der Waals surface area contributed by atoms with E-state index in [0.717, 1.165) is 24.7 Å². The van der Waals surface area contributed by atoms with E-state index in [4.69, 9.17) is 22.1 Å². The van der Waals surface area contributed by atoms with E-state index in [9.17, 15) is 0 Å². The summed E-state index contributed by atoms with van der Waals surface area (Å²) in [5.74, 6) is 0.946. The summed E-state index contributed by atoms with van der Waals surface area (Å²) in [6.07, 6.45) is 0.963. The molecule has 1 aromatic carbocycles. The van der Waals surface area contributed by atoms with Crippen LogP contribution >= 0.6 is 11.6 Å². The molecule has 96 valence electrons. The number of benzene rings is 1. The van der Waals surface area contributed by atoms with Crippen LogP contribution in [0.25, 0.3) is 0 Å². The molecule has 3 heteroatoms. The normalized spacial score (nSPS) is 13.0. The van der Waals surface area contributed by atoms with Gasteiger partial charge in [0.2, 0.25) is 0 Å². The molecule has 1 rings (SSSR count). The van der Waals surface area contributed by atoms with E-state index in [1.165, 1.54) is 5.56 Å². The standard InChI is InChI=1S/C14H22ClNO/c1-11(2)10-17-8-7-13(9-16)12-3-5-14(15)6-4-12/h3-6,11,13H,7-10,16H2,1-2H3. The minimum absolute atomic E-state index is 0.361. The van der Waals surface area contributed by atoms with Gasteiger partial charge in [0.25, 0.3) is 0 Å². The number of nitrogens with two attached hydrogens (primary N) is 1. The zero-order valence-corrected chi connectivity index (χ0v) is 11.4. The largest absolute Gasteiger partial charge is 0.381 e. The molecule has 0 aliphatic heterocycles. The maximum Gasteiger partial charge on any atom is 0.0488 e. The van der Waals surface area contributed by atoms with Crippen LogP contribution in [0.4, 0.5) is 0 Å². The molecule has 0 aromatic heterocycles. The highest BCUT2D eigenvalue weighted by Gasteiger charge is 2.09. The highest BCUT2D eigenvalue weighted by molar-refractivity contribution is 6.30. The van der Waals surface area contributed by atoms with E-state index >= 15 is 0 Å². The average molecular weight is 256 g/mol. The monoisotopic (exact) mass is 255 g/mol. The Morgan fingerprint density at radius 1 is 1.24 bits per heavy atom. The fourth-order valence-electron chi connectivity index (χ4n) is 1.70. The third kappa shape index (κ3) is 5.53. The Hall–Kier alpha value is -0.570. The molecule has 1 aromatic rings. The van der Waals surface area contributed by atoms with Crippen molar-refractivity contribution < 1.29 is 4.74 Å². The summed E-state index contributed by atoms with van der Waals surface area (Å²) in [5.41, 5.74) is 7.04.